The van der Waals surface area contributed by atoms with Gasteiger partial charge in [-0.15, -0.1) is 11.6 Å². The molecular weight excluding hydrogens is 412 g/mol. The van der Waals surface area contributed by atoms with Gasteiger partial charge in [-0.05, 0) is 67.4 Å². The number of fused-ring (bicyclic) bond motifs is 4. The van der Waals surface area contributed by atoms with E-state index in [1.807, 2.05) is 12.1 Å². The Balaban J connectivity index is 1.80. The topological polar surface area (TPSA) is 9.23 Å². The van der Waals surface area contributed by atoms with Gasteiger partial charge >= 0.3 is 0 Å². The van der Waals surface area contributed by atoms with Crippen molar-refractivity contribution in [1.82, 2.24) is 0 Å². The molecule has 0 aromatic heterocycles. The number of methoxy groups -OCH3 is 1. The van der Waals surface area contributed by atoms with Crippen LogP contribution in [0.3, 0.4) is 0 Å². The quantitative estimate of drug-likeness (QED) is 0.260. The lowest BCUT2D eigenvalue weighted by Crippen LogP contribution is -1.97. The normalized spacial score (nSPS) is 14.2. The molecule has 0 heterocycles. The first-order valence-electron chi connectivity index (χ1n) is 10.8. The maximum atomic E-state index is 7.22. The molecule has 0 fully saturated rings. The molecule has 0 aliphatic heterocycles. The van der Waals surface area contributed by atoms with Crippen LogP contribution >= 0.6 is 11.6 Å². The number of halogens is 1. The summed E-state index contributed by atoms with van der Waals surface area (Å²) >= 11 is 7.22. The van der Waals surface area contributed by atoms with E-state index < -0.39 is 0 Å². The third-order valence-corrected chi connectivity index (χ3v) is 6.91. The lowest BCUT2D eigenvalue weighted by molar-refractivity contribution is 0.415. The summed E-state index contributed by atoms with van der Waals surface area (Å²) in [5.74, 6) is 0.848. The standard InChI is InChI=1S/C30H21ClO/c1-32-21-17-15-20(16-18-21)27-23-12-6-5-11-22(23)26(19-9-3-2-4-10-19)28-24-13-7-8-14-25(24)30(31)29(27)28/h2-18,30H,1H3. The molecule has 1 unspecified atom stereocenters. The van der Waals surface area contributed by atoms with Crippen molar-refractivity contribution in [2.75, 3.05) is 7.11 Å². The summed E-state index contributed by atoms with van der Waals surface area (Å²) in [5.41, 5.74) is 9.65. The molecule has 0 spiro atoms. The zero-order chi connectivity index (χ0) is 21.7. The van der Waals surface area contributed by atoms with Gasteiger partial charge in [0, 0.05) is 0 Å². The summed E-state index contributed by atoms with van der Waals surface area (Å²) in [6, 6.07) is 36.2. The van der Waals surface area contributed by atoms with Crippen LogP contribution in [-0.2, 0) is 0 Å². The maximum Gasteiger partial charge on any atom is 0.118 e. The number of hydrogen-bond acceptors (Lipinski definition) is 1. The van der Waals surface area contributed by atoms with Gasteiger partial charge < -0.3 is 4.74 Å². The van der Waals surface area contributed by atoms with Gasteiger partial charge in [-0.3, -0.25) is 0 Å². The van der Waals surface area contributed by atoms with Gasteiger partial charge in [0.05, 0.1) is 12.5 Å². The van der Waals surface area contributed by atoms with E-state index in [4.69, 9.17) is 16.3 Å². The van der Waals surface area contributed by atoms with Crippen molar-refractivity contribution < 1.29 is 4.74 Å². The highest BCUT2D eigenvalue weighted by atomic mass is 35.5. The van der Waals surface area contributed by atoms with Gasteiger partial charge in [0.1, 0.15) is 5.75 Å². The van der Waals surface area contributed by atoms with Crippen molar-refractivity contribution in [3.8, 4) is 39.1 Å². The van der Waals surface area contributed by atoms with Gasteiger partial charge in [-0.1, -0.05) is 91.0 Å². The monoisotopic (exact) mass is 432 g/mol. The smallest absolute Gasteiger partial charge is 0.118 e. The lowest BCUT2D eigenvalue weighted by Gasteiger charge is -2.21. The summed E-state index contributed by atoms with van der Waals surface area (Å²) in [7, 11) is 1.70. The Hall–Kier alpha value is -3.55. The van der Waals surface area contributed by atoms with Crippen molar-refractivity contribution in [3.63, 3.8) is 0 Å². The molecule has 154 valence electrons. The minimum Gasteiger partial charge on any atom is -0.497 e. The third kappa shape index (κ3) is 2.78. The number of hydrogen-bond donors (Lipinski definition) is 0. The van der Waals surface area contributed by atoms with Crippen LogP contribution in [0.15, 0.2) is 103 Å². The van der Waals surface area contributed by atoms with Gasteiger partial charge in [0.15, 0.2) is 0 Å². The van der Waals surface area contributed by atoms with Crippen LogP contribution in [0.2, 0.25) is 0 Å². The van der Waals surface area contributed by atoms with Crippen molar-refractivity contribution in [2.24, 2.45) is 0 Å². The van der Waals surface area contributed by atoms with Crippen LogP contribution in [0.5, 0.6) is 5.75 Å². The van der Waals surface area contributed by atoms with Gasteiger partial charge in [0.25, 0.3) is 0 Å². The minimum absolute atomic E-state index is 0.203. The maximum absolute atomic E-state index is 7.22. The summed E-state index contributed by atoms with van der Waals surface area (Å²) in [6.07, 6.45) is 0. The van der Waals surface area contributed by atoms with Crippen molar-refractivity contribution in [2.45, 2.75) is 5.38 Å². The highest BCUT2D eigenvalue weighted by Crippen LogP contribution is 2.57. The zero-order valence-corrected chi connectivity index (χ0v) is 18.4. The molecule has 1 atom stereocenters. The molecule has 0 radical (unpaired) electrons. The van der Waals surface area contributed by atoms with E-state index in [9.17, 15) is 0 Å². The third-order valence-electron chi connectivity index (χ3n) is 6.45. The molecule has 0 saturated heterocycles. The molecule has 5 aromatic rings. The Kier molecular flexibility index (Phi) is 4.52. The predicted molar refractivity (Wildman–Crippen MR) is 135 cm³/mol. The van der Waals surface area contributed by atoms with Crippen LogP contribution < -0.4 is 4.74 Å². The van der Waals surface area contributed by atoms with Crippen molar-refractivity contribution >= 4 is 22.4 Å². The van der Waals surface area contributed by atoms with Crippen molar-refractivity contribution in [1.29, 1.82) is 0 Å². The largest absolute Gasteiger partial charge is 0.497 e. The summed E-state index contributed by atoms with van der Waals surface area (Å²) in [4.78, 5) is 0. The van der Waals surface area contributed by atoms with Crippen LogP contribution in [-0.4, -0.2) is 7.11 Å². The van der Waals surface area contributed by atoms with Crippen molar-refractivity contribution in [3.05, 3.63) is 114 Å². The fourth-order valence-corrected chi connectivity index (χ4v) is 5.47. The van der Waals surface area contributed by atoms with E-state index in [1.54, 1.807) is 7.11 Å². The number of ether oxygens (including phenoxy) is 1. The molecule has 0 bridgehead atoms. The second-order valence-electron chi connectivity index (χ2n) is 8.13. The molecular formula is C30H21ClO. The second kappa shape index (κ2) is 7.55. The molecule has 1 aliphatic carbocycles. The molecule has 5 aromatic carbocycles. The average molecular weight is 433 g/mol. The number of benzene rings is 5. The van der Waals surface area contributed by atoms with Gasteiger partial charge in [0.2, 0.25) is 0 Å². The highest BCUT2D eigenvalue weighted by molar-refractivity contribution is 6.28. The van der Waals surface area contributed by atoms with Crippen LogP contribution in [0.4, 0.5) is 0 Å². The number of rotatable bonds is 3. The molecule has 1 nitrogen and oxygen atoms in total. The molecule has 32 heavy (non-hydrogen) atoms. The Bertz CT molecular complexity index is 1450. The van der Waals surface area contributed by atoms with Gasteiger partial charge in [-0.2, -0.15) is 0 Å². The second-order valence-corrected chi connectivity index (χ2v) is 8.57. The van der Waals surface area contributed by atoms with E-state index in [1.165, 1.54) is 49.7 Å². The van der Waals surface area contributed by atoms with E-state index >= 15 is 0 Å². The molecule has 2 heteroatoms. The van der Waals surface area contributed by atoms with Crippen LogP contribution in [0, 0.1) is 0 Å². The molecule has 0 saturated carbocycles. The van der Waals surface area contributed by atoms with E-state index in [0.29, 0.717) is 0 Å². The Morgan fingerprint density at radius 2 is 1.19 bits per heavy atom. The zero-order valence-electron chi connectivity index (χ0n) is 17.7. The van der Waals surface area contributed by atoms with Gasteiger partial charge in [-0.25, -0.2) is 0 Å². The lowest BCUT2D eigenvalue weighted by atomic mass is 9.83. The fraction of sp³-hybridized carbons (Fsp3) is 0.0667. The Morgan fingerprint density at radius 1 is 0.594 bits per heavy atom. The first-order chi connectivity index (χ1) is 15.8. The summed E-state index contributed by atoms with van der Waals surface area (Å²) < 4.78 is 5.41. The minimum atomic E-state index is -0.203. The molecule has 1 aliphatic rings. The molecule has 0 N–H and O–H groups in total. The summed E-state index contributed by atoms with van der Waals surface area (Å²) in [5, 5.41) is 2.25. The van der Waals surface area contributed by atoms with E-state index in [0.717, 1.165) is 11.3 Å². The van der Waals surface area contributed by atoms with Crippen LogP contribution in [0.1, 0.15) is 16.5 Å². The first kappa shape index (κ1) is 19.2. The Labute approximate surface area is 192 Å². The van der Waals surface area contributed by atoms with E-state index in [2.05, 4.69) is 91.0 Å². The highest BCUT2D eigenvalue weighted by Gasteiger charge is 2.34. The predicted octanol–water partition coefficient (Wildman–Crippen LogP) is 8.49. The fourth-order valence-electron chi connectivity index (χ4n) is 5.07. The molecule has 0 amide bonds. The van der Waals surface area contributed by atoms with E-state index in [-0.39, 0.29) is 5.38 Å². The Morgan fingerprint density at radius 3 is 1.91 bits per heavy atom. The van der Waals surface area contributed by atoms with Crippen LogP contribution in [0.25, 0.3) is 44.2 Å². The summed E-state index contributed by atoms with van der Waals surface area (Å²) in [6.45, 7) is 0. The SMILES string of the molecule is COc1ccc(-c2c3c(c(-c4ccccc4)c4ccccc24)-c2ccccc2C3Cl)cc1. The first-order valence-corrected chi connectivity index (χ1v) is 11.2. The average Bonchev–Trinajstić information content (AvgIpc) is 3.15. The molecule has 6 rings (SSSR count). The number of alkyl halides is 1.